The van der Waals surface area contributed by atoms with Gasteiger partial charge in [-0.1, -0.05) is 27.2 Å². The van der Waals surface area contributed by atoms with Crippen LogP contribution in [0.5, 0.6) is 0 Å². The van der Waals surface area contributed by atoms with Gasteiger partial charge in [0.1, 0.15) is 0 Å². The first-order valence-corrected chi connectivity index (χ1v) is 8.25. The van der Waals surface area contributed by atoms with E-state index in [2.05, 4.69) is 20.8 Å². The number of hydrogen-bond donors (Lipinski definition) is 1. The van der Waals surface area contributed by atoms with E-state index in [-0.39, 0.29) is 24.4 Å². The van der Waals surface area contributed by atoms with Crippen molar-refractivity contribution >= 4 is 30.1 Å². The number of thioether (sulfide) groups is 1. The molecule has 0 saturated carbocycles. The van der Waals surface area contributed by atoms with Crippen LogP contribution in [-0.4, -0.2) is 40.9 Å². The number of likely N-dealkylation sites (tertiary alicyclic amines) is 1. The summed E-state index contributed by atoms with van der Waals surface area (Å²) in [6.45, 7) is 8.21. The van der Waals surface area contributed by atoms with Gasteiger partial charge in [0.25, 0.3) is 0 Å². The van der Waals surface area contributed by atoms with Crippen molar-refractivity contribution < 1.29 is 4.79 Å². The smallest absolute Gasteiger partial charge is 0.239 e. The number of rotatable bonds is 5. The quantitative estimate of drug-likeness (QED) is 0.849. The molecule has 1 unspecified atom stereocenters. The first kappa shape index (κ1) is 19.1. The molecule has 1 saturated heterocycles. The van der Waals surface area contributed by atoms with E-state index >= 15 is 0 Å². The number of nitrogens with zero attached hydrogens (tertiary/aromatic N) is 1. The van der Waals surface area contributed by atoms with Gasteiger partial charge in [-0.05, 0) is 30.9 Å². The minimum atomic E-state index is -0.310. The number of halogens is 1. The molecule has 1 rings (SSSR count). The molecular weight excluding hydrogens is 280 g/mol. The SMILES string of the molecule is CCSC1CCCCN(C(=O)[C@@H](N)CC(C)C)C1.Cl. The molecule has 0 aromatic carbocycles. The Hall–Kier alpha value is 0.0700. The standard InChI is InChI=1S/C14H28N2OS.ClH/c1-4-18-12-7-5-6-8-16(10-12)14(17)13(15)9-11(2)3;/h11-13H,4-10,15H2,1-3H3;1H/t12?,13-;/m0./s1. The van der Waals surface area contributed by atoms with Gasteiger partial charge < -0.3 is 10.6 Å². The summed E-state index contributed by atoms with van der Waals surface area (Å²) >= 11 is 1.98. The predicted octanol–water partition coefficient (Wildman–Crippen LogP) is 2.92. The molecule has 0 radical (unpaired) electrons. The Kier molecular flexibility index (Phi) is 9.93. The van der Waals surface area contributed by atoms with Crippen molar-refractivity contribution in [1.82, 2.24) is 4.90 Å². The van der Waals surface area contributed by atoms with Crippen LogP contribution in [0.4, 0.5) is 0 Å². The fourth-order valence-electron chi connectivity index (χ4n) is 2.52. The maximum atomic E-state index is 12.3. The average Bonchev–Trinajstić information content (AvgIpc) is 2.53. The van der Waals surface area contributed by atoms with Gasteiger partial charge in [0.05, 0.1) is 6.04 Å². The molecule has 0 bridgehead atoms. The molecule has 2 N–H and O–H groups in total. The Bertz CT molecular complexity index is 264. The first-order chi connectivity index (χ1) is 8.54. The molecule has 1 amide bonds. The Balaban J connectivity index is 0.00000324. The van der Waals surface area contributed by atoms with Crippen LogP contribution in [-0.2, 0) is 4.79 Å². The molecule has 1 heterocycles. The van der Waals surface area contributed by atoms with Crippen LogP contribution >= 0.6 is 24.2 Å². The van der Waals surface area contributed by atoms with Gasteiger partial charge in [0.15, 0.2) is 0 Å². The van der Waals surface area contributed by atoms with Crippen molar-refractivity contribution in [1.29, 1.82) is 0 Å². The highest BCUT2D eigenvalue weighted by Crippen LogP contribution is 2.22. The van der Waals surface area contributed by atoms with Gasteiger partial charge in [-0.3, -0.25) is 4.79 Å². The second kappa shape index (κ2) is 9.89. The Morgan fingerprint density at radius 1 is 1.42 bits per heavy atom. The largest absolute Gasteiger partial charge is 0.340 e. The topological polar surface area (TPSA) is 46.3 Å². The summed E-state index contributed by atoms with van der Waals surface area (Å²) in [4.78, 5) is 14.3. The first-order valence-electron chi connectivity index (χ1n) is 7.20. The van der Waals surface area contributed by atoms with Crippen molar-refractivity contribution in [2.24, 2.45) is 11.7 Å². The summed E-state index contributed by atoms with van der Waals surface area (Å²) in [6, 6.07) is -0.310. The van der Waals surface area contributed by atoms with E-state index in [0.29, 0.717) is 11.2 Å². The fraction of sp³-hybridized carbons (Fsp3) is 0.929. The normalized spacial score (nSPS) is 21.7. The van der Waals surface area contributed by atoms with Crippen LogP contribution in [0.3, 0.4) is 0 Å². The van der Waals surface area contributed by atoms with Crippen LogP contribution < -0.4 is 5.73 Å². The van der Waals surface area contributed by atoms with Gasteiger partial charge in [-0.2, -0.15) is 11.8 Å². The zero-order valence-corrected chi connectivity index (χ0v) is 14.1. The van der Waals surface area contributed by atoms with Gasteiger partial charge in [0.2, 0.25) is 5.91 Å². The summed E-state index contributed by atoms with van der Waals surface area (Å²) in [5, 5.41) is 0.604. The third-order valence-electron chi connectivity index (χ3n) is 3.38. The highest BCUT2D eigenvalue weighted by atomic mass is 35.5. The van der Waals surface area contributed by atoms with Gasteiger partial charge >= 0.3 is 0 Å². The number of carbonyl (C=O) groups is 1. The summed E-state index contributed by atoms with van der Waals surface area (Å²) in [5.74, 6) is 1.77. The lowest BCUT2D eigenvalue weighted by molar-refractivity contribution is -0.132. The molecule has 1 fully saturated rings. The molecule has 0 aromatic heterocycles. The van der Waals surface area contributed by atoms with Gasteiger partial charge in [0, 0.05) is 18.3 Å². The van der Waals surface area contributed by atoms with E-state index in [4.69, 9.17) is 5.73 Å². The van der Waals surface area contributed by atoms with Crippen LogP contribution in [0.25, 0.3) is 0 Å². The summed E-state index contributed by atoms with van der Waals surface area (Å²) in [6.07, 6.45) is 4.39. The van der Waals surface area contributed by atoms with Crippen molar-refractivity contribution in [3.8, 4) is 0 Å². The van der Waals surface area contributed by atoms with Gasteiger partial charge in [-0.15, -0.1) is 12.4 Å². The maximum Gasteiger partial charge on any atom is 0.239 e. The molecule has 0 spiro atoms. The Morgan fingerprint density at radius 3 is 2.68 bits per heavy atom. The van der Waals surface area contributed by atoms with E-state index in [1.807, 2.05) is 16.7 Å². The number of hydrogen-bond acceptors (Lipinski definition) is 3. The predicted molar refractivity (Wildman–Crippen MR) is 87.0 cm³/mol. The lowest BCUT2D eigenvalue weighted by Crippen LogP contribution is -2.46. The summed E-state index contributed by atoms with van der Waals surface area (Å²) in [7, 11) is 0. The molecule has 114 valence electrons. The van der Waals surface area contributed by atoms with Crippen molar-refractivity contribution in [3.63, 3.8) is 0 Å². The Labute approximate surface area is 128 Å². The average molecular weight is 309 g/mol. The van der Waals surface area contributed by atoms with E-state index in [1.54, 1.807) is 0 Å². The van der Waals surface area contributed by atoms with Gasteiger partial charge in [-0.25, -0.2) is 0 Å². The highest BCUT2D eigenvalue weighted by Gasteiger charge is 2.25. The lowest BCUT2D eigenvalue weighted by Gasteiger charge is -2.27. The number of carbonyl (C=O) groups excluding carboxylic acids is 1. The monoisotopic (exact) mass is 308 g/mol. The van der Waals surface area contributed by atoms with Crippen molar-refractivity contribution in [2.45, 2.75) is 57.7 Å². The molecule has 1 aliphatic heterocycles. The van der Waals surface area contributed by atoms with Crippen LogP contribution in [0.15, 0.2) is 0 Å². The van der Waals surface area contributed by atoms with Crippen molar-refractivity contribution in [2.75, 3.05) is 18.8 Å². The van der Waals surface area contributed by atoms with Crippen LogP contribution in [0.1, 0.15) is 46.5 Å². The number of amides is 1. The fourth-order valence-corrected chi connectivity index (χ4v) is 3.61. The molecule has 1 aliphatic rings. The van der Waals surface area contributed by atoms with Crippen molar-refractivity contribution in [3.05, 3.63) is 0 Å². The molecule has 5 heteroatoms. The molecule has 19 heavy (non-hydrogen) atoms. The molecule has 2 atom stereocenters. The van der Waals surface area contributed by atoms with E-state index < -0.39 is 0 Å². The highest BCUT2D eigenvalue weighted by molar-refractivity contribution is 7.99. The minimum Gasteiger partial charge on any atom is -0.340 e. The molecule has 3 nitrogen and oxygen atoms in total. The summed E-state index contributed by atoms with van der Waals surface area (Å²) < 4.78 is 0. The van der Waals surface area contributed by atoms with E-state index in [1.165, 1.54) is 12.8 Å². The maximum absolute atomic E-state index is 12.3. The minimum absolute atomic E-state index is 0. The van der Waals surface area contributed by atoms with Crippen LogP contribution in [0, 0.1) is 5.92 Å². The second-order valence-corrected chi connectivity index (χ2v) is 7.17. The number of nitrogens with two attached hydrogens (primary N) is 1. The molecule has 0 aliphatic carbocycles. The second-order valence-electron chi connectivity index (χ2n) is 5.59. The third kappa shape index (κ3) is 6.87. The van der Waals surface area contributed by atoms with E-state index in [0.717, 1.165) is 31.7 Å². The third-order valence-corrected chi connectivity index (χ3v) is 4.57. The van der Waals surface area contributed by atoms with E-state index in [9.17, 15) is 4.79 Å². The zero-order chi connectivity index (χ0) is 13.5. The zero-order valence-electron chi connectivity index (χ0n) is 12.4. The Morgan fingerprint density at radius 2 is 2.11 bits per heavy atom. The lowest BCUT2D eigenvalue weighted by atomic mass is 10.0. The molecule has 0 aromatic rings. The molecular formula is C14H29ClN2OS. The summed E-state index contributed by atoms with van der Waals surface area (Å²) in [5.41, 5.74) is 6.02. The van der Waals surface area contributed by atoms with Crippen LogP contribution in [0.2, 0.25) is 0 Å².